The molecule has 0 bridgehead atoms. The molecule has 2 fully saturated rings. The van der Waals surface area contributed by atoms with Gasteiger partial charge in [-0.2, -0.15) is 0 Å². The van der Waals surface area contributed by atoms with Gasteiger partial charge in [-0.1, -0.05) is 20.8 Å². The third-order valence-electron chi connectivity index (χ3n) is 4.89. The zero-order valence-corrected chi connectivity index (χ0v) is 12.9. The summed E-state index contributed by atoms with van der Waals surface area (Å²) in [5, 5.41) is 0. The summed E-state index contributed by atoms with van der Waals surface area (Å²) in [5.74, 6) is 0.921. The van der Waals surface area contributed by atoms with E-state index < -0.39 is 0 Å². The molecule has 106 valence electrons. The predicted molar refractivity (Wildman–Crippen MR) is 76.8 cm³/mol. The molecule has 0 aromatic rings. The lowest BCUT2D eigenvalue weighted by molar-refractivity contribution is -0.0868. The molecule has 2 heteroatoms. The number of hydrogen-bond donors (Lipinski definition) is 0. The van der Waals surface area contributed by atoms with Gasteiger partial charge in [0.2, 0.25) is 0 Å². The molecule has 1 aliphatic carbocycles. The minimum atomic E-state index is 0.411. The first-order chi connectivity index (χ1) is 8.36. The average Bonchev–Trinajstić information content (AvgIpc) is 2.27. The molecule has 1 heterocycles. The Morgan fingerprint density at radius 2 is 1.39 bits per heavy atom. The summed E-state index contributed by atoms with van der Waals surface area (Å²) in [6.07, 6.45) is 6.42. The van der Waals surface area contributed by atoms with E-state index in [1.807, 2.05) is 0 Å². The van der Waals surface area contributed by atoms with Gasteiger partial charge < -0.3 is 4.74 Å². The Morgan fingerprint density at radius 3 is 1.83 bits per heavy atom. The largest absolute Gasteiger partial charge is 0.373 e. The first-order valence-corrected chi connectivity index (χ1v) is 7.75. The molecule has 0 unspecified atom stereocenters. The second-order valence-electron chi connectivity index (χ2n) is 7.58. The van der Waals surface area contributed by atoms with Crippen molar-refractivity contribution in [2.75, 3.05) is 13.1 Å². The van der Waals surface area contributed by atoms with Crippen LogP contribution in [0.4, 0.5) is 0 Å². The highest BCUT2D eigenvalue weighted by Gasteiger charge is 2.34. The highest BCUT2D eigenvalue weighted by atomic mass is 16.5. The Labute approximate surface area is 113 Å². The monoisotopic (exact) mass is 253 g/mol. The maximum Gasteiger partial charge on any atom is 0.0678 e. The van der Waals surface area contributed by atoms with E-state index in [-0.39, 0.29) is 0 Å². The quantitative estimate of drug-likeness (QED) is 0.706. The Balaban J connectivity index is 1.86. The molecule has 0 amide bonds. The molecule has 1 saturated carbocycles. The Morgan fingerprint density at radius 1 is 0.889 bits per heavy atom. The predicted octanol–water partition coefficient (Wildman–Crippen LogP) is 3.70. The third-order valence-corrected chi connectivity index (χ3v) is 4.89. The fraction of sp³-hybridized carbons (Fsp3) is 1.00. The van der Waals surface area contributed by atoms with Gasteiger partial charge in [-0.05, 0) is 50.9 Å². The smallest absolute Gasteiger partial charge is 0.0678 e. The number of morpholine rings is 1. The van der Waals surface area contributed by atoms with E-state index >= 15 is 0 Å². The van der Waals surface area contributed by atoms with Crippen LogP contribution >= 0.6 is 0 Å². The van der Waals surface area contributed by atoms with E-state index in [0.29, 0.717) is 17.6 Å². The molecule has 1 aliphatic heterocycles. The van der Waals surface area contributed by atoms with Crippen LogP contribution in [0.3, 0.4) is 0 Å². The fourth-order valence-corrected chi connectivity index (χ4v) is 3.82. The van der Waals surface area contributed by atoms with E-state index in [4.69, 9.17) is 4.74 Å². The highest BCUT2D eigenvalue weighted by Crippen LogP contribution is 2.39. The van der Waals surface area contributed by atoms with E-state index in [1.165, 1.54) is 25.7 Å². The fourth-order valence-electron chi connectivity index (χ4n) is 3.82. The summed E-state index contributed by atoms with van der Waals surface area (Å²) in [7, 11) is 0. The van der Waals surface area contributed by atoms with E-state index in [9.17, 15) is 0 Å². The molecule has 2 aliphatic rings. The van der Waals surface area contributed by atoms with Crippen LogP contribution in [0.1, 0.15) is 60.3 Å². The van der Waals surface area contributed by atoms with Crippen molar-refractivity contribution in [3.05, 3.63) is 0 Å². The van der Waals surface area contributed by atoms with Crippen molar-refractivity contribution in [2.45, 2.75) is 78.6 Å². The summed E-state index contributed by atoms with van der Waals surface area (Å²) in [6.45, 7) is 13.9. The SMILES string of the molecule is C[C@@H]1CN(C2CCC(C(C)(C)C)CC2)C[C@H](C)O1. The van der Waals surface area contributed by atoms with Crippen molar-refractivity contribution in [3.63, 3.8) is 0 Å². The zero-order chi connectivity index (χ0) is 13.3. The van der Waals surface area contributed by atoms with E-state index in [2.05, 4.69) is 39.5 Å². The molecule has 0 N–H and O–H groups in total. The molecule has 2 rings (SSSR count). The van der Waals surface area contributed by atoms with Gasteiger partial charge in [0.05, 0.1) is 12.2 Å². The lowest BCUT2D eigenvalue weighted by Gasteiger charge is -2.44. The van der Waals surface area contributed by atoms with Crippen molar-refractivity contribution in [1.29, 1.82) is 0 Å². The van der Waals surface area contributed by atoms with Crippen LogP contribution < -0.4 is 0 Å². The highest BCUT2D eigenvalue weighted by molar-refractivity contribution is 4.87. The van der Waals surface area contributed by atoms with Crippen LogP contribution in [0.15, 0.2) is 0 Å². The van der Waals surface area contributed by atoms with E-state index in [0.717, 1.165) is 25.0 Å². The summed E-state index contributed by atoms with van der Waals surface area (Å²) >= 11 is 0. The Bertz CT molecular complexity index is 253. The molecule has 0 aromatic heterocycles. The van der Waals surface area contributed by atoms with Gasteiger partial charge in [0.25, 0.3) is 0 Å². The van der Waals surface area contributed by atoms with Crippen LogP contribution in [0, 0.1) is 11.3 Å². The molecule has 18 heavy (non-hydrogen) atoms. The molecule has 1 saturated heterocycles. The Kier molecular flexibility index (Phi) is 4.38. The minimum Gasteiger partial charge on any atom is -0.373 e. The summed E-state index contributed by atoms with van der Waals surface area (Å²) in [5.41, 5.74) is 0.497. The van der Waals surface area contributed by atoms with Crippen LogP contribution in [0.2, 0.25) is 0 Å². The minimum absolute atomic E-state index is 0.411. The van der Waals surface area contributed by atoms with Crippen LogP contribution in [0.25, 0.3) is 0 Å². The normalized spacial score (nSPS) is 39.8. The van der Waals surface area contributed by atoms with Crippen LogP contribution in [0.5, 0.6) is 0 Å². The molecular weight excluding hydrogens is 222 g/mol. The van der Waals surface area contributed by atoms with Crippen molar-refractivity contribution in [1.82, 2.24) is 4.90 Å². The number of hydrogen-bond acceptors (Lipinski definition) is 2. The topological polar surface area (TPSA) is 12.5 Å². The van der Waals surface area contributed by atoms with Gasteiger partial charge in [0, 0.05) is 19.1 Å². The van der Waals surface area contributed by atoms with Gasteiger partial charge in [-0.15, -0.1) is 0 Å². The van der Waals surface area contributed by atoms with Gasteiger partial charge in [0.15, 0.2) is 0 Å². The van der Waals surface area contributed by atoms with E-state index in [1.54, 1.807) is 0 Å². The standard InChI is InChI=1S/C16H31NO/c1-12-10-17(11-13(2)18-12)15-8-6-14(7-9-15)16(3,4)5/h12-15H,6-11H2,1-5H3/t12-,13+,14?,15?. The van der Waals surface area contributed by atoms with Crippen molar-refractivity contribution in [2.24, 2.45) is 11.3 Å². The number of ether oxygens (including phenoxy) is 1. The van der Waals surface area contributed by atoms with Crippen molar-refractivity contribution < 1.29 is 4.74 Å². The van der Waals surface area contributed by atoms with Crippen LogP contribution in [-0.4, -0.2) is 36.2 Å². The Hall–Kier alpha value is -0.0800. The first-order valence-electron chi connectivity index (χ1n) is 7.75. The van der Waals surface area contributed by atoms with Crippen LogP contribution in [-0.2, 0) is 4.74 Å². The summed E-state index contributed by atoms with van der Waals surface area (Å²) in [6, 6.07) is 0.817. The molecule has 0 radical (unpaired) electrons. The van der Waals surface area contributed by atoms with Gasteiger partial charge >= 0.3 is 0 Å². The number of rotatable bonds is 1. The van der Waals surface area contributed by atoms with Gasteiger partial charge in [-0.3, -0.25) is 4.90 Å². The van der Waals surface area contributed by atoms with Crippen molar-refractivity contribution >= 4 is 0 Å². The molecule has 0 spiro atoms. The maximum atomic E-state index is 5.84. The number of nitrogens with zero attached hydrogens (tertiary/aromatic N) is 1. The second kappa shape index (κ2) is 5.50. The summed E-state index contributed by atoms with van der Waals surface area (Å²) < 4.78 is 5.84. The second-order valence-corrected chi connectivity index (χ2v) is 7.58. The summed E-state index contributed by atoms with van der Waals surface area (Å²) in [4.78, 5) is 2.69. The molecule has 2 atom stereocenters. The lowest BCUT2D eigenvalue weighted by atomic mass is 9.71. The van der Waals surface area contributed by atoms with Crippen molar-refractivity contribution in [3.8, 4) is 0 Å². The zero-order valence-electron chi connectivity index (χ0n) is 12.9. The van der Waals surface area contributed by atoms with Gasteiger partial charge in [0.1, 0.15) is 0 Å². The first kappa shape index (κ1) is 14.3. The average molecular weight is 253 g/mol. The molecular formula is C16H31NO. The molecule has 2 nitrogen and oxygen atoms in total. The molecule has 0 aromatic carbocycles. The maximum absolute atomic E-state index is 5.84. The van der Waals surface area contributed by atoms with Gasteiger partial charge in [-0.25, -0.2) is 0 Å². The third kappa shape index (κ3) is 3.48. The lowest BCUT2D eigenvalue weighted by Crippen LogP contribution is -2.51.